The van der Waals surface area contributed by atoms with Crippen LogP contribution in [0.1, 0.15) is 12.5 Å². The number of nitrogens with one attached hydrogen (secondary N) is 1. The fourth-order valence-electron chi connectivity index (χ4n) is 2.08. The van der Waals surface area contributed by atoms with Crippen LogP contribution in [0.25, 0.3) is 0 Å². The van der Waals surface area contributed by atoms with Crippen LogP contribution in [0.4, 0.5) is 5.69 Å². The molecule has 0 aliphatic carbocycles. The third-order valence-corrected chi connectivity index (χ3v) is 3.50. The number of halogens is 1. The van der Waals surface area contributed by atoms with Gasteiger partial charge in [-0.1, -0.05) is 17.7 Å². The van der Waals surface area contributed by atoms with E-state index in [9.17, 15) is 4.79 Å². The quantitative estimate of drug-likeness (QED) is 0.818. The van der Waals surface area contributed by atoms with Crippen LogP contribution in [0.5, 0.6) is 17.2 Å². The van der Waals surface area contributed by atoms with Crippen molar-refractivity contribution < 1.29 is 19.0 Å². The molecule has 0 spiro atoms. The zero-order valence-corrected chi connectivity index (χ0v) is 14.6. The van der Waals surface area contributed by atoms with E-state index in [0.717, 1.165) is 5.56 Å². The molecule has 0 aromatic heterocycles. The molecule has 0 aliphatic rings. The molecule has 0 aliphatic heterocycles. The van der Waals surface area contributed by atoms with E-state index in [4.69, 9.17) is 25.8 Å². The van der Waals surface area contributed by atoms with Crippen LogP contribution in [0.3, 0.4) is 0 Å². The predicted molar refractivity (Wildman–Crippen MR) is 94.5 cm³/mol. The second-order valence-corrected chi connectivity index (χ2v) is 5.48. The minimum absolute atomic E-state index is 0.140. The second kappa shape index (κ2) is 8.45. The molecule has 0 atom stereocenters. The van der Waals surface area contributed by atoms with Gasteiger partial charge in [-0.25, -0.2) is 0 Å². The lowest BCUT2D eigenvalue weighted by Gasteiger charge is -2.12. The maximum absolute atomic E-state index is 12.0. The summed E-state index contributed by atoms with van der Waals surface area (Å²) < 4.78 is 16.2. The van der Waals surface area contributed by atoms with Crippen molar-refractivity contribution in [3.63, 3.8) is 0 Å². The highest BCUT2D eigenvalue weighted by Gasteiger charge is 2.09. The highest BCUT2D eigenvalue weighted by molar-refractivity contribution is 6.32. The first-order chi connectivity index (χ1) is 11.5. The van der Waals surface area contributed by atoms with Crippen LogP contribution in [0.15, 0.2) is 36.4 Å². The summed E-state index contributed by atoms with van der Waals surface area (Å²) in [4.78, 5) is 12.0. The SMILES string of the molecule is CCOc1ccc(NC(=O)COc2cc(C)ccc2Cl)cc1OC. The van der Waals surface area contributed by atoms with Crippen LogP contribution >= 0.6 is 11.6 Å². The van der Waals surface area contributed by atoms with E-state index in [1.807, 2.05) is 19.9 Å². The van der Waals surface area contributed by atoms with Gasteiger partial charge in [-0.15, -0.1) is 0 Å². The van der Waals surface area contributed by atoms with Crippen molar-refractivity contribution in [2.24, 2.45) is 0 Å². The number of rotatable bonds is 7. The number of benzene rings is 2. The number of carbonyl (C=O) groups excluding carboxylic acids is 1. The number of ether oxygens (including phenoxy) is 3. The van der Waals surface area contributed by atoms with Gasteiger partial charge in [0.2, 0.25) is 0 Å². The first kappa shape index (κ1) is 17.9. The van der Waals surface area contributed by atoms with Crippen molar-refractivity contribution in [3.8, 4) is 17.2 Å². The zero-order chi connectivity index (χ0) is 17.5. The third kappa shape index (κ3) is 4.80. The van der Waals surface area contributed by atoms with Gasteiger partial charge < -0.3 is 19.5 Å². The highest BCUT2D eigenvalue weighted by Crippen LogP contribution is 2.30. The van der Waals surface area contributed by atoms with E-state index in [2.05, 4.69) is 5.32 Å². The summed E-state index contributed by atoms with van der Waals surface area (Å²) >= 11 is 6.04. The van der Waals surface area contributed by atoms with Gasteiger partial charge in [0.1, 0.15) is 5.75 Å². The molecule has 0 heterocycles. The molecule has 0 saturated carbocycles. The molecular formula is C18H20ClNO4. The Kier molecular flexibility index (Phi) is 6.32. The molecule has 1 amide bonds. The van der Waals surface area contributed by atoms with Crippen molar-refractivity contribution >= 4 is 23.2 Å². The smallest absolute Gasteiger partial charge is 0.262 e. The van der Waals surface area contributed by atoms with Crippen molar-refractivity contribution in [1.29, 1.82) is 0 Å². The molecule has 6 heteroatoms. The summed E-state index contributed by atoms with van der Waals surface area (Å²) in [5.74, 6) is 1.37. The van der Waals surface area contributed by atoms with Gasteiger partial charge >= 0.3 is 0 Å². The van der Waals surface area contributed by atoms with Gasteiger partial charge in [-0.3, -0.25) is 4.79 Å². The molecule has 24 heavy (non-hydrogen) atoms. The lowest BCUT2D eigenvalue weighted by atomic mass is 10.2. The van der Waals surface area contributed by atoms with Gasteiger partial charge in [0, 0.05) is 11.8 Å². The second-order valence-electron chi connectivity index (χ2n) is 5.07. The average Bonchev–Trinajstić information content (AvgIpc) is 2.57. The number of hydrogen-bond acceptors (Lipinski definition) is 4. The van der Waals surface area contributed by atoms with Gasteiger partial charge in [-0.2, -0.15) is 0 Å². The van der Waals surface area contributed by atoms with Gasteiger partial charge in [0.05, 0.1) is 18.7 Å². The fraction of sp³-hybridized carbons (Fsp3) is 0.278. The Hall–Kier alpha value is -2.40. The summed E-state index contributed by atoms with van der Waals surface area (Å²) in [7, 11) is 1.55. The Balaban J connectivity index is 1.98. The standard InChI is InChI=1S/C18H20ClNO4/c1-4-23-15-8-6-13(10-17(15)22-3)20-18(21)11-24-16-9-12(2)5-7-14(16)19/h5-10H,4,11H2,1-3H3,(H,20,21). The summed E-state index contributed by atoms with van der Waals surface area (Å²) in [6.07, 6.45) is 0. The van der Waals surface area contributed by atoms with Crippen LogP contribution in [0.2, 0.25) is 5.02 Å². The largest absolute Gasteiger partial charge is 0.493 e. The third-order valence-electron chi connectivity index (χ3n) is 3.19. The van der Waals surface area contributed by atoms with E-state index >= 15 is 0 Å². The van der Waals surface area contributed by atoms with Crippen LogP contribution in [-0.2, 0) is 4.79 Å². The van der Waals surface area contributed by atoms with Crippen LogP contribution in [0, 0.1) is 6.92 Å². The topological polar surface area (TPSA) is 56.8 Å². The van der Waals surface area contributed by atoms with Crippen LogP contribution < -0.4 is 19.5 Å². The molecule has 1 N–H and O–H groups in total. The molecule has 0 fully saturated rings. The zero-order valence-electron chi connectivity index (χ0n) is 13.9. The number of anilines is 1. The van der Waals surface area contributed by atoms with Crippen molar-refractivity contribution in [2.75, 3.05) is 25.6 Å². The number of hydrogen-bond donors (Lipinski definition) is 1. The number of carbonyl (C=O) groups is 1. The van der Waals surface area contributed by atoms with E-state index in [-0.39, 0.29) is 12.5 Å². The number of aryl methyl sites for hydroxylation is 1. The molecule has 0 saturated heterocycles. The summed E-state index contributed by atoms with van der Waals surface area (Å²) in [5.41, 5.74) is 1.60. The minimum atomic E-state index is -0.293. The summed E-state index contributed by atoms with van der Waals surface area (Å²) in [6, 6.07) is 10.6. The lowest BCUT2D eigenvalue weighted by Crippen LogP contribution is -2.20. The predicted octanol–water partition coefficient (Wildman–Crippen LogP) is 4.07. The molecule has 0 bridgehead atoms. The Morgan fingerprint density at radius 3 is 2.58 bits per heavy atom. The fourth-order valence-corrected chi connectivity index (χ4v) is 2.25. The van der Waals surface area contributed by atoms with Crippen molar-refractivity contribution in [2.45, 2.75) is 13.8 Å². The monoisotopic (exact) mass is 349 g/mol. The van der Waals surface area contributed by atoms with Gasteiger partial charge in [0.15, 0.2) is 18.1 Å². The Labute approximate surface area is 146 Å². The molecule has 2 aromatic rings. The summed E-state index contributed by atoms with van der Waals surface area (Å²) in [6.45, 7) is 4.21. The average molecular weight is 350 g/mol. The summed E-state index contributed by atoms with van der Waals surface area (Å²) in [5, 5.41) is 3.22. The number of methoxy groups -OCH3 is 1. The molecule has 2 rings (SSSR count). The molecule has 5 nitrogen and oxygen atoms in total. The van der Waals surface area contributed by atoms with E-state index in [1.165, 1.54) is 0 Å². The Bertz CT molecular complexity index is 718. The van der Waals surface area contributed by atoms with Gasteiger partial charge in [0.25, 0.3) is 5.91 Å². The first-order valence-corrected chi connectivity index (χ1v) is 7.91. The van der Waals surface area contributed by atoms with Crippen LogP contribution in [-0.4, -0.2) is 26.2 Å². The molecule has 0 unspecified atom stereocenters. The maximum atomic E-state index is 12.0. The van der Waals surface area contributed by atoms with Crippen molar-refractivity contribution in [3.05, 3.63) is 47.0 Å². The van der Waals surface area contributed by atoms with E-state index in [0.29, 0.717) is 34.6 Å². The molecule has 128 valence electrons. The Morgan fingerprint density at radius 2 is 1.88 bits per heavy atom. The van der Waals surface area contributed by atoms with Crippen molar-refractivity contribution in [1.82, 2.24) is 0 Å². The van der Waals surface area contributed by atoms with E-state index < -0.39 is 0 Å². The molecular weight excluding hydrogens is 330 g/mol. The van der Waals surface area contributed by atoms with E-state index in [1.54, 1.807) is 37.4 Å². The molecule has 0 radical (unpaired) electrons. The lowest BCUT2D eigenvalue weighted by molar-refractivity contribution is -0.118. The maximum Gasteiger partial charge on any atom is 0.262 e. The normalized spacial score (nSPS) is 10.2. The Morgan fingerprint density at radius 1 is 1.08 bits per heavy atom. The molecule has 2 aromatic carbocycles. The highest BCUT2D eigenvalue weighted by atomic mass is 35.5. The minimum Gasteiger partial charge on any atom is -0.493 e. The van der Waals surface area contributed by atoms with Gasteiger partial charge in [-0.05, 0) is 43.7 Å². The first-order valence-electron chi connectivity index (χ1n) is 7.53. The number of amides is 1.